The van der Waals surface area contributed by atoms with E-state index in [4.69, 9.17) is 5.73 Å². The van der Waals surface area contributed by atoms with Crippen LogP contribution in [0.2, 0.25) is 0 Å². The molecule has 1 atom stereocenters. The predicted molar refractivity (Wildman–Crippen MR) is 79.9 cm³/mol. The number of piperidine rings is 1. The highest BCUT2D eigenvalue weighted by Gasteiger charge is 2.20. The van der Waals surface area contributed by atoms with Gasteiger partial charge in [-0.3, -0.25) is 4.90 Å². The molecular weight excluding hydrogens is 222 g/mol. The van der Waals surface area contributed by atoms with Gasteiger partial charge in [-0.2, -0.15) is 0 Å². The SMILES string of the molecule is CCN(CC)CCCCC1CCCCN1CCN. The number of unbranched alkanes of at least 4 members (excludes halogenated alkanes) is 1. The van der Waals surface area contributed by atoms with Gasteiger partial charge in [0.15, 0.2) is 0 Å². The Hall–Kier alpha value is -0.120. The monoisotopic (exact) mass is 255 g/mol. The maximum atomic E-state index is 5.70. The standard InChI is InChI=1S/C15H33N3/c1-3-17(4-2)12-7-5-9-15-10-6-8-13-18(15)14-11-16/h15H,3-14,16H2,1-2H3. The first-order valence-electron chi connectivity index (χ1n) is 7.98. The van der Waals surface area contributed by atoms with Crippen molar-refractivity contribution < 1.29 is 0 Å². The van der Waals surface area contributed by atoms with Crippen molar-refractivity contribution in [3.63, 3.8) is 0 Å². The molecule has 1 heterocycles. The molecule has 0 radical (unpaired) electrons. The van der Waals surface area contributed by atoms with Crippen molar-refractivity contribution in [2.75, 3.05) is 39.3 Å². The first kappa shape index (κ1) is 15.9. The van der Waals surface area contributed by atoms with E-state index in [2.05, 4.69) is 23.6 Å². The Morgan fingerprint density at radius 2 is 1.94 bits per heavy atom. The highest BCUT2D eigenvalue weighted by molar-refractivity contribution is 4.77. The predicted octanol–water partition coefficient (Wildman–Crippen LogP) is 2.31. The molecular formula is C15H33N3. The molecule has 0 aromatic heterocycles. The van der Waals surface area contributed by atoms with Crippen LogP contribution >= 0.6 is 0 Å². The summed E-state index contributed by atoms with van der Waals surface area (Å²) in [5, 5.41) is 0. The van der Waals surface area contributed by atoms with Crippen molar-refractivity contribution in [3.05, 3.63) is 0 Å². The first-order valence-corrected chi connectivity index (χ1v) is 7.98. The Kier molecular flexibility index (Phi) is 8.64. The van der Waals surface area contributed by atoms with E-state index in [-0.39, 0.29) is 0 Å². The molecule has 1 aliphatic heterocycles. The number of rotatable bonds is 9. The molecule has 1 fully saturated rings. The molecule has 0 bridgehead atoms. The third-order valence-corrected chi connectivity index (χ3v) is 4.32. The van der Waals surface area contributed by atoms with E-state index in [0.717, 1.165) is 19.1 Å². The van der Waals surface area contributed by atoms with Gasteiger partial charge in [-0.1, -0.05) is 26.7 Å². The summed E-state index contributed by atoms with van der Waals surface area (Å²) in [6.07, 6.45) is 8.29. The lowest BCUT2D eigenvalue weighted by Gasteiger charge is -2.35. The van der Waals surface area contributed by atoms with Gasteiger partial charge in [-0.25, -0.2) is 0 Å². The normalized spacial score (nSPS) is 21.7. The van der Waals surface area contributed by atoms with E-state index in [1.165, 1.54) is 64.7 Å². The van der Waals surface area contributed by atoms with Crippen molar-refractivity contribution in [3.8, 4) is 0 Å². The molecule has 0 saturated carbocycles. The summed E-state index contributed by atoms with van der Waals surface area (Å²) < 4.78 is 0. The lowest BCUT2D eigenvalue weighted by atomic mass is 9.97. The molecule has 0 spiro atoms. The summed E-state index contributed by atoms with van der Waals surface area (Å²) in [5.41, 5.74) is 5.70. The summed E-state index contributed by atoms with van der Waals surface area (Å²) in [4.78, 5) is 5.15. The van der Waals surface area contributed by atoms with Gasteiger partial charge >= 0.3 is 0 Å². The third kappa shape index (κ3) is 5.68. The molecule has 3 heteroatoms. The van der Waals surface area contributed by atoms with E-state index in [1.54, 1.807) is 0 Å². The highest BCUT2D eigenvalue weighted by atomic mass is 15.2. The first-order chi connectivity index (χ1) is 8.81. The average Bonchev–Trinajstić information content (AvgIpc) is 2.41. The summed E-state index contributed by atoms with van der Waals surface area (Å²) in [6, 6.07) is 0.819. The number of hydrogen-bond acceptors (Lipinski definition) is 3. The molecule has 1 rings (SSSR count). The van der Waals surface area contributed by atoms with Gasteiger partial charge in [-0.15, -0.1) is 0 Å². The fourth-order valence-corrected chi connectivity index (χ4v) is 3.10. The summed E-state index contributed by atoms with van der Waals surface area (Å²) in [5.74, 6) is 0. The average molecular weight is 255 g/mol. The molecule has 1 aliphatic rings. The van der Waals surface area contributed by atoms with Crippen molar-refractivity contribution in [1.29, 1.82) is 0 Å². The topological polar surface area (TPSA) is 32.5 Å². The van der Waals surface area contributed by atoms with Crippen molar-refractivity contribution in [1.82, 2.24) is 9.80 Å². The van der Waals surface area contributed by atoms with Crippen molar-refractivity contribution in [2.45, 2.75) is 58.4 Å². The van der Waals surface area contributed by atoms with Gasteiger partial charge < -0.3 is 10.6 Å². The van der Waals surface area contributed by atoms with Crippen LogP contribution in [0.4, 0.5) is 0 Å². The van der Waals surface area contributed by atoms with Gasteiger partial charge in [0, 0.05) is 19.1 Å². The lowest BCUT2D eigenvalue weighted by Crippen LogP contribution is -2.42. The van der Waals surface area contributed by atoms with E-state index >= 15 is 0 Å². The summed E-state index contributed by atoms with van der Waals surface area (Å²) >= 11 is 0. The number of likely N-dealkylation sites (tertiary alicyclic amines) is 1. The van der Waals surface area contributed by atoms with Crippen LogP contribution in [0.3, 0.4) is 0 Å². The molecule has 1 saturated heterocycles. The number of nitrogens with two attached hydrogens (primary N) is 1. The Bertz CT molecular complexity index is 190. The van der Waals surface area contributed by atoms with E-state index in [0.29, 0.717) is 0 Å². The minimum Gasteiger partial charge on any atom is -0.329 e. The molecule has 18 heavy (non-hydrogen) atoms. The molecule has 0 aliphatic carbocycles. The lowest BCUT2D eigenvalue weighted by molar-refractivity contribution is 0.140. The Balaban J connectivity index is 2.16. The van der Waals surface area contributed by atoms with Gasteiger partial charge in [0.25, 0.3) is 0 Å². The van der Waals surface area contributed by atoms with E-state index in [1.807, 2.05) is 0 Å². The largest absolute Gasteiger partial charge is 0.329 e. The van der Waals surface area contributed by atoms with Crippen LogP contribution in [-0.4, -0.2) is 55.1 Å². The van der Waals surface area contributed by atoms with E-state index < -0.39 is 0 Å². The van der Waals surface area contributed by atoms with Crippen LogP contribution in [0, 0.1) is 0 Å². The molecule has 2 N–H and O–H groups in total. The van der Waals surface area contributed by atoms with Gasteiger partial charge in [0.1, 0.15) is 0 Å². The fourth-order valence-electron chi connectivity index (χ4n) is 3.10. The van der Waals surface area contributed by atoms with Crippen LogP contribution in [0.1, 0.15) is 52.4 Å². The maximum absolute atomic E-state index is 5.70. The minimum atomic E-state index is 0.815. The van der Waals surface area contributed by atoms with E-state index in [9.17, 15) is 0 Å². The van der Waals surface area contributed by atoms with Crippen LogP contribution in [0.15, 0.2) is 0 Å². The van der Waals surface area contributed by atoms with Gasteiger partial charge in [0.2, 0.25) is 0 Å². The maximum Gasteiger partial charge on any atom is 0.0108 e. The Labute approximate surface area is 114 Å². The molecule has 3 nitrogen and oxygen atoms in total. The zero-order valence-corrected chi connectivity index (χ0v) is 12.5. The van der Waals surface area contributed by atoms with Gasteiger partial charge in [0.05, 0.1) is 0 Å². The quantitative estimate of drug-likeness (QED) is 0.642. The number of hydrogen-bond donors (Lipinski definition) is 1. The van der Waals surface area contributed by atoms with Crippen LogP contribution in [-0.2, 0) is 0 Å². The third-order valence-electron chi connectivity index (χ3n) is 4.32. The highest BCUT2D eigenvalue weighted by Crippen LogP contribution is 2.20. The smallest absolute Gasteiger partial charge is 0.0108 e. The summed E-state index contributed by atoms with van der Waals surface area (Å²) in [7, 11) is 0. The Morgan fingerprint density at radius 1 is 1.17 bits per heavy atom. The molecule has 108 valence electrons. The fraction of sp³-hybridized carbons (Fsp3) is 1.00. The molecule has 0 aromatic carbocycles. The Morgan fingerprint density at radius 3 is 2.61 bits per heavy atom. The second kappa shape index (κ2) is 9.76. The zero-order valence-electron chi connectivity index (χ0n) is 12.5. The van der Waals surface area contributed by atoms with Gasteiger partial charge in [-0.05, 0) is 51.9 Å². The van der Waals surface area contributed by atoms with Crippen LogP contribution in [0.5, 0.6) is 0 Å². The summed E-state index contributed by atoms with van der Waals surface area (Å²) in [6.45, 7) is 11.4. The minimum absolute atomic E-state index is 0.815. The van der Waals surface area contributed by atoms with Crippen molar-refractivity contribution >= 4 is 0 Å². The second-order valence-corrected chi connectivity index (χ2v) is 5.50. The molecule has 1 unspecified atom stereocenters. The molecule has 0 amide bonds. The van der Waals surface area contributed by atoms with Crippen molar-refractivity contribution in [2.24, 2.45) is 5.73 Å². The van der Waals surface area contributed by atoms with Crippen LogP contribution in [0.25, 0.3) is 0 Å². The zero-order chi connectivity index (χ0) is 13.2. The van der Waals surface area contributed by atoms with Crippen LogP contribution < -0.4 is 5.73 Å². The second-order valence-electron chi connectivity index (χ2n) is 5.50. The molecule has 0 aromatic rings. The number of nitrogens with zero attached hydrogens (tertiary/aromatic N) is 2.